The molecule has 1 aliphatic rings. The topological polar surface area (TPSA) is 84.5 Å². The molecule has 3 amide bonds. The zero-order chi connectivity index (χ0) is 12.1. The predicted molar refractivity (Wildman–Crippen MR) is 55.5 cm³/mol. The van der Waals surface area contributed by atoms with Crippen LogP contribution >= 0.6 is 0 Å². The van der Waals surface area contributed by atoms with E-state index in [0.29, 0.717) is 0 Å². The highest BCUT2D eigenvalue weighted by Crippen LogP contribution is 2.29. The molecule has 0 aromatic heterocycles. The minimum absolute atomic E-state index is 0.0442. The van der Waals surface area contributed by atoms with Crippen molar-refractivity contribution in [2.45, 2.75) is 32.7 Å². The molecule has 0 spiro atoms. The molecule has 0 aromatic carbocycles. The molecule has 16 heavy (non-hydrogen) atoms. The molecule has 0 heterocycles. The largest absolute Gasteiger partial charge is 0.455 e. The maximum Gasteiger partial charge on any atom is 0.321 e. The van der Waals surface area contributed by atoms with Crippen molar-refractivity contribution in [2.75, 3.05) is 6.61 Å². The number of esters is 1. The number of carbonyl (C=O) groups excluding carboxylic acids is 3. The molecule has 0 saturated heterocycles. The second kappa shape index (κ2) is 5.48. The number of ether oxygens (including phenoxy) is 1. The van der Waals surface area contributed by atoms with Crippen LogP contribution in [0, 0.1) is 5.92 Å². The van der Waals surface area contributed by atoms with Crippen LogP contribution in [-0.4, -0.2) is 30.6 Å². The van der Waals surface area contributed by atoms with E-state index in [4.69, 9.17) is 4.74 Å². The van der Waals surface area contributed by atoms with E-state index in [1.807, 2.05) is 0 Å². The lowest BCUT2D eigenvalue weighted by Crippen LogP contribution is -2.44. The minimum Gasteiger partial charge on any atom is -0.455 e. The molecule has 1 rings (SSSR count). The van der Waals surface area contributed by atoms with Gasteiger partial charge >= 0.3 is 12.0 Å². The SMILES string of the molecule is CC(C)NC(=O)NC(=O)COC(=O)C1CC1. The third-order valence-corrected chi connectivity index (χ3v) is 1.93. The molecule has 0 unspecified atom stereocenters. The first-order valence-electron chi connectivity index (χ1n) is 5.26. The zero-order valence-corrected chi connectivity index (χ0v) is 9.41. The molecule has 90 valence electrons. The Hall–Kier alpha value is -1.59. The number of rotatable bonds is 4. The predicted octanol–water partition coefficient (Wildman–Crippen LogP) is 0.174. The summed E-state index contributed by atoms with van der Waals surface area (Å²) in [5.74, 6) is -1.02. The summed E-state index contributed by atoms with van der Waals surface area (Å²) in [7, 11) is 0. The van der Waals surface area contributed by atoms with Gasteiger partial charge in [-0.3, -0.25) is 14.9 Å². The number of imide groups is 1. The number of nitrogens with one attached hydrogen (secondary N) is 2. The number of hydrogen-bond donors (Lipinski definition) is 2. The maximum atomic E-state index is 11.1. The Labute approximate surface area is 93.7 Å². The van der Waals surface area contributed by atoms with Gasteiger partial charge < -0.3 is 10.1 Å². The highest BCUT2D eigenvalue weighted by atomic mass is 16.5. The van der Waals surface area contributed by atoms with Crippen molar-refractivity contribution in [1.82, 2.24) is 10.6 Å². The first kappa shape index (κ1) is 12.5. The molecule has 1 aliphatic carbocycles. The lowest BCUT2D eigenvalue weighted by Gasteiger charge is -2.09. The summed E-state index contributed by atoms with van der Waals surface area (Å²) in [6.45, 7) is 3.15. The Kier molecular flexibility index (Phi) is 4.28. The average Bonchev–Trinajstić information content (AvgIpc) is 2.95. The van der Waals surface area contributed by atoms with Crippen molar-refractivity contribution in [3.05, 3.63) is 0 Å². The minimum atomic E-state index is -0.618. The van der Waals surface area contributed by atoms with Crippen LogP contribution in [0.1, 0.15) is 26.7 Å². The van der Waals surface area contributed by atoms with E-state index in [2.05, 4.69) is 10.6 Å². The van der Waals surface area contributed by atoms with E-state index in [1.165, 1.54) is 0 Å². The summed E-state index contributed by atoms with van der Waals surface area (Å²) in [6.07, 6.45) is 1.66. The third kappa shape index (κ3) is 4.77. The van der Waals surface area contributed by atoms with Crippen LogP contribution in [0.5, 0.6) is 0 Å². The second-order valence-corrected chi connectivity index (χ2v) is 4.06. The van der Waals surface area contributed by atoms with Gasteiger partial charge in [-0.25, -0.2) is 4.79 Å². The fourth-order valence-electron chi connectivity index (χ4n) is 1.03. The monoisotopic (exact) mass is 228 g/mol. The van der Waals surface area contributed by atoms with Gasteiger partial charge in [0.25, 0.3) is 5.91 Å². The van der Waals surface area contributed by atoms with E-state index in [1.54, 1.807) is 13.8 Å². The van der Waals surface area contributed by atoms with Gasteiger partial charge in [0.05, 0.1) is 5.92 Å². The number of carbonyl (C=O) groups is 3. The van der Waals surface area contributed by atoms with E-state index in [9.17, 15) is 14.4 Å². The van der Waals surface area contributed by atoms with Crippen molar-refractivity contribution < 1.29 is 19.1 Å². The molecule has 2 N–H and O–H groups in total. The molecule has 6 heteroatoms. The summed E-state index contributed by atoms with van der Waals surface area (Å²) in [5.41, 5.74) is 0. The van der Waals surface area contributed by atoms with Crippen LogP contribution in [0.25, 0.3) is 0 Å². The van der Waals surface area contributed by atoms with Crippen LogP contribution < -0.4 is 10.6 Å². The lowest BCUT2D eigenvalue weighted by atomic mass is 10.4. The Balaban J connectivity index is 2.14. The summed E-state index contributed by atoms with van der Waals surface area (Å²) >= 11 is 0. The summed E-state index contributed by atoms with van der Waals surface area (Å²) < 4.78 is 4.70. The first-order valence-corrected chi connectivity index (χ1v) is 5.26. The molecule has 1 fully saturated rings. The van der Waals surface area contributed by atoms with Crippen molar-refractivity contribution in [3.63, 3.8) is 0 Å². The van der Waals surface area contributed by atoms with Crippen LogP contribution in [-0.2, 0) is 14.3 Å². The van der Waals surface area contributed by atoms with E-state index in [-0.39, 0.29) is 17.9 Å². The smallest absolute Gasteiger partial charge is 0.321 e. The number of amides is 3. The van der Waals surface area contributed by atoms with Crippen LogP contribution in [0.15, 0.2) is 0 Å². The Bertz CT molecular complexity index is 297. The third-order valence-electron chi connectivity index (χ3n) is 1.93. The Morgan fingerprint density at radius 3 is 2.44 bits per heavy atom. The summed E-state index contributed by atoms with van der Waals surface area (Å²) in [6, 6.07) is -0.635. The second-order valence-electron chi connectivity index (χ2n) is 4.06. The molecular weight excluding hydrogens is 212 g/mol. The van der Waals surface area contributed by atoms with Gasteiger partial charge in [-0.05, 0) is 26.7 Å². The molecule has 0 aromatic rings. The number of urea groups is 1. The zero-order valence-electron chi connectivity index (χ0n) is 9.41. The maximum absolute atomic E-state index is 11.1. The standard InChI is InChI=1S/C10H16N2O4/c1-6(2)11-10(15)12-8(13)5-16-9(14)7-3-4-7/h6-7H,3-5H2,1-2H3,(H2,11,12,13,15). The quantitative estimate of drug-likeness (QED) is 0.672. The van der Waals surface area contributed by atoms with Gasteiger partial charge in [0.2, 0.25) is 0 Å². The Morgan fingerprint density at radius 1 is 1.31 bits per heavy atom. The van der Waals surface area contributed by atoms with Gasteiger partial charge in [-0.15, -0.1) is 0 Å². The average molecular weight is 228 g/mol. The van der Waals surface area contributed by atoms with Gasteiger partial charge in [0.1, 0.15) is 0 Å². The molecule has 0 atom stereocenters. The highest BCUT2D eigenvalue weighted by Gasteiger charge is 2.31. The van der Waals surface area contributed by atoms with Crippen molar-refractivity contribution in [3.8, 4) is 0 Å². The fourth-order valence-corrected chi connectivity index (χ4v) is 1.03. The Morgan fingerprint density at radius 2 is 1.94 bits per heavy atom. The van der Waals surface area contributed by atoms with Gasteiger partial charge in [-0.1, -0.05) is 0 Å². The van der Waals surface area contributed by atoms with Gasteiger partial charge in [0, 0.05) is 6.04 Å². The normalized spacial score (nSPS) is 14.4. The highest BCUT2D eigenvalue weighted by molar-refractivity contribution is 5.95. The van der Waals surface area contributed by atoms with Gasteiger partial charge in [-0.2, -0.15) is 0 Å². The van der Waals surface area contributed by atoms with Crippen LogP contribution in [0.3, 0.4) is 0 Å². The van der Waals surface area contributed by atoms with Crippen LogP contribution in [0.4, 0.5) is 4.79 Å². The van der Waals surface area contributed by atoms with E-state index >= 15 is 0 Å². The molecule has 0 bridgehead atoms. The summed E-state index contributed by atoms with van der Waals surface area (Å²) in [4.78, 5) is 33.3. The fraction of sp³-hybridized carbons (Fsp3) is 0.700. The molecule has 1 saturated carbocycles. The van der Waals surface area contributed by atoms with Crippen molar-refractivity contribution >= 4 is 17.9 Å². The van der Waals surface area contributed by atoms with Crippen molar-refractivity contribution in [2.24, 2.45) is 5.92 Å². The first-order chi connectivity index (χ1) is 7.49. The molecule has 0 aliphatic heterocycles. The lowest BCUT2D eigenvalue weighted by molar-refractivity contribution is -0.149. The van der Waals surface area contributed by atoms with E-state index in [0.717, 1.165) is 12.8 Å². The van der Waals surface area contributed by atoms with E-state index < -0.39 is 18.5 Å². The molecular formula is C10H16N2O4. The molecule has 0 radical (unpaired) electrons. The van der Waals surface area contributed by atoms with Crippen LogP contribution in [0.2, 0.25) is 0 Å². The van der Waals surface area contributed by atoms with Crippen molar-refractivity contribution in [1.29, 1.82) is 0 Å². The van der Waals surface area contributed by atoms with Gasteiger partial charge in [0.15, 0.2) is 6.61 Å². The number of hydrogen-bond acceptors (Lipinski definition) is 4. The molecule has 6 nitrogen and oxygen atoms in total. The summed E-state index contributed by atoms with van der Waals surface area (Å²) in [5, 5.41) is 4.54.